The normalized spacial score (nSPS) is 18.0. The second-order valence-corrected chi connectivity index (χ2v) is 6.77. The molecular formula is C19H24N2O3. The topological polar surface area (TPSA) is 73.4 Å². The Morgan fingerprint density at radius 1 is 1.38 bits per heavy atom. The zero-order chi connectivity index (χ0) is 17.1. The van der Waals surface area contributed by atoms with E-state index in [0.29, 0.717) is 25.3 Å². The van der Waals surface area contributed by atoms with E-state index in [1.165, 1.54) is 5.56 Å². The zero-order valence-electron chi connectivity index (χ0n) is 14.0. The fourth-order valence-corrected chi connectivity index (χ4v) is 3.64. The van der Waals surface area contributed by atoms with E-state index < -0.39 is 5.97 Å². The first-order chi connectivity index (χ1) is 11.5. The van der Waals surface area contributed by atoms with Crippen molar-refractivity contribution in [1.82, 2.24) is 9.88 Å². The number of likely N-dealkylation sites (tertiary alicyclic amines) is 1. The summed E-state index contributed by atoms with van der Waals surface area (Å²) in [4.78, 5) is 28.6. The van der Waals surface area contributed by atoms with Gasteiger partial charge >= 0.3 is 5.97 Å². The van der Waals surface area contributed by atoms with Gasteiger partial charge in [0.05, 0.1) is 6.42 Å². The molecule has 5 heteroatoms. The number of hydrogen-bond donors (Lipinski definition) is 2. The standard InChI is InChI=1S/C19H24N2O3/c1-13-4-2-6-16-15(11-20-19(13)16)10-17(22)21-9-3-5-14(12-21)7-8-18(23)24/h2,4,6,11,14,20H,3,5,7-10,12H2,1H3,(H,23,24)/t14-/m1/s1. The Morgan fingerprint density at radius 3 is 3.00 bits per heavy atom. The Bertz CT molecular complexity index is 750. The molecule has 2 aromatic rings. The molecule has 0 radical (unpaired) electrons. The van der Waals surface area contributed by atoms with Gasteiger partial charge in [-0.2, -0.15) is 0 Å². The number of fused-ring (bicyclic) bond motifs is 1. The van der Waals surface area contributed by atoms with Crippen molar-refractivity contribution in [3.8, 4) is 0 Å². The Hall–Kier alpha value is -2.30. The molecule has 1 saturated heterocycles. The molecule has 3 rings (SSSR count). The summed E-state index contributed by atoms with van der Waals surface area (Å²) in [7, 11) is 0. The number of carbonyl (C=O) groups excluding carboxylic acids is 1. The first-order valence-electron chi connectivity index (χ1n) is 8.59. The van der Waals surface area contributed by atoms with Gasteiger partial charge in [0, 0.05) is 36.6 Å². The fraction of sp³-hybridized carbons (Fsp3) is 0.474. The van der Waals surface area contributed by atoms with Gasteiger partial charge < -0.3 is 15.0 Å². The van der Waals surface area contributed by atoms with Crippen molar-refractivity contribution < 1.29 is 14.7 Å². The number of aromatic nitrogens is 1. The molecule has 1 fully saturated rings. The Kier molecular flexibility index (Phi) is 4.88. The van der Waals surface area contributed by atoms with Crippen molar-refractivity contribution >= 4 is 22.8 Å². The maximum atomic E-state index is 12.7. The monoisotopic (exact) mass is 328 g/mol. The van der Waals surface area contributed by atoms with E-state index in [0.717, 1.165) is 35.9 Å². The van der Waals surface area contributed by atoms with Crippen molar-refractivity contribution in [1.29, 1.82) is 0 Å². The summed E-state index contributed by atoms with van der Waals surface area (Å²) in [6.07, 6.45) is 5.16. The van der Waals surface area contributed by atoms with Crippen LogP contribution in [0.3, 0.4) is 0 Å². The molecule has 0 aliphatic carbocycles. The summed E-state index contributed by atoms with van der Waals surface area (Å²) in [5.41, 5.74) is 3.31. The van der Waals surface area contributed by atoms with Crippen LogP contribution < -0.4 is 0 Å². The van der Waals surface area contributed by atoms with E-state index >= 15 is 0 Å². The Balaban J connectivity index is 1.65. The number of rotatable bonds is 5. The first kappa shape index (κ1) is 16.6. The van der Waals surface area contributed by atoms with Gasteiger partial charge in [-0.15, -0.1) is 0 Å². The molecule has 0 unspecified atom stereocenters. The van der Waals surface area contributed by atoms with Crippen LogP contribution in [0.25, 0.3) is 10.9 Å². The number of aryl methyl sites for hydroxylation is 1. The minimum absolute atomic E-state index is 0.137. The Labute approximate surface area is 141 Å². The molecule has 24 heavy (non-hydrogen) atoms. The predicted molar refractivity (Wildman–Crippen MR) is 92.9 cm³/mol. The van der Waals surface area contributed by atoms with Crippen LogP contribution in [0, 0.1) is 12.8 Å². The molecule has 1 aromatic heterocycles. The lowest BCUT2D eigenvalue weighted by Gasteiger charge is -2.32. The number of para-hydroxylation sites is 1. The third-order valence-electron chi connectivity index (χ3n) is 4.99. The third kappa shape index (κ3) is 3.61. The van der Waals surface area contributed by atoms with Gasteiger partial charge in [-0.3, -0.25) is 9.59 Å². The van der Waals surface area contributed by atoms with Gasteiger partial charge in [-0.25, -0.2) is 0 Å². The summed E-state index contributed by atoms with van der Waals surface area (Å²) in [6.45, 7) is 3.53. The van der Waals surface area contributed by atoms with Gasteiger partial charge in [-0.1, -0.05) is 18.2 Å². The van der Waals surface area contributed by atoms with Crippen molar-refractivity contribution in [2.75, 3.05) is 13.1 Å². The lowest BCUT2D eigenvalue weighted by Crippen LogP contribution is -2.40. The van der Waals surface area contributed by atoms with E-state index in [2.05, 4.69) is 18.0 Å². The fourth-order valence-electron chi connectivity index (χ4n) is 3.64. The highest BCUT2D eigenvalue weighted by Gasteiger charge is 2.24. The number of aromatic amines is 1. The first-order valence-corrected chi connectivity index (χ1v) is 8.59. The number of nitrogens with zero attached hydrogens (tertiary/aromatic N) is 1. The third-order valence-corrected chi connectivity index (χ3v) is 4.99. The number of carboxylic acid groups (broad SMARTS) is 1. The number of aliphatic carboxylic acids is 1. The quantitative estimate of drug-likeness (QED) is 0.885. The molecule has 128 valence electrons. The average molecular weight is 328 g/mol. The van der Waals surface area contributed by atoms with Crippen molar-refractivity contribution in [3.05, 3.63) is 35.5 Å². The second-order valence-electron chi connectivity index (χ2n) is 6.77. The number of piperidine rings is 1. The number of H-pyrrole nitrogens is 1. The molecule has 1 aromatic carbocycles. The number of amides is 1. The molecule has 1 atom stereocenters. The van der Waals surface area contributed by atoms with E-state index in [4.69, 9.17) is 5.11 Å². The molecule has 0 spiro atoms. The Morgan fingerprint density at radius 2 is 2.21 bits per heavy atom. The van der Waals surface area contributed by atoms with E-state index in [1.807, 2.05) is 23.2 Å². The minimum Gasteiger partial charge on any atom is -0.481 e. The van der Waals surface area contributed by atoms with Crippen LogP contribution >= 0.6 is 0 Å². The lowest BCUT2D eigenvalue weighted by atomic mass is 9.93. The van der Waals surface area contributed by atoms with Crippen molar-refractivity contribution in [3.63, 3.8) is 0 Å². The van der Waals surface area contributed by atoms with Crippen LogP contribution in [0.15, 0.2) is 24.4 Å². The van der Waals surface area contributed by atoms with Crippen LogP contribution in [0.4, 0.5) is 0 Å². The summed E-state index contributed by atoms with van der Waals surface area (Å²) in [5, 5.41) is 9.94. The highest BCUT2D eigenvalue weighted by molar-refractivity contribution is 5.90. The molecule has 0 bridgehead atoms. The highest BCUT2D eigenvalue weighted by atomic mass is 16.4. The number of benzene rings is 1. The molecular weight excluding hydrogens is 304 g/mol. The van der Waals surface area contributed by atoms with Crippen molar-refractivity contribution in [2.45, 2.75) is 39.0 Å². The molecule has 0 saturated carbocycles. The second kappa shape index (κ2) is 7.07. The zero-order valence-corrected chi connectivity index (χ0v) is 14.0. The van der Waals surface area contributed by atoms with Crippen LogP contribution in [-0.4, -0.2) is 40.0 Å². The number of carbonyl (C=O) groups is 2. The number of nitrogens with one attached hydrogen (secondary N) is 1. The average Bonchev–Trinajstić information content (AvgIpc) is 2.98. The predicted octanol–water partition coefficient (Wildman–Crippen LogP) is 3.12. The van der Waals surface area contributed by atoms with Crippen LogP contribution in [0.2, 0.25) is 0 Å². The maximum Gasteiger partial charge on any atom is 0.303 e. The molecule has 2 N–H and O–H groups in total. The summed E-state index contributed by atoms with van der Waals surface area (Å²) in [6, 6.07) is 6.12. The molecule has 2 heterocycles. The van der Waals surface area contributed by atoms with E-state index in [-0.39, 0.29) is 12.3 Å². The van der Waals surface area contributed by atoms with Gasteiger partial charge in [-0.05, 0) is 43.2 Å². The van der Waals surface area contributed by atoms with E-state index in [1.54, 1.807) is 0 Å². The molecule has 1 amide bonds. The van der Waals surface area contributed by atoms with Crippen LogP contribution in [-0.2, 0) is 16.0 Å². The number of carboxylic acids is 1. The summed E-state index contributed by atoms with van der Waals surface area (Å²) < 4.78 is 0. The minimum atomic E-state index is -0.757. The summed E-state index contributed by atoms with van der Waals surface area (Å²) in [5.74, 6) is -0.311. The van der Waals surface area contributed by atoms with Gasteiger partial charge in [0.15, 0.2) is 0 Å². The van der Waals surface area contributed by atoms with Gasteiger partial charge in [0.25, 0.3) is 0 Å². The lowest BCUT2D eigenvalue weighted by molar-refractivity contribution is -0.137. The van der Waals surface area contributed by atoms with Gasteiger partial charge in [0.1, 0.15) is 0 Å². The number of hydrogen-bond acceptors (Lipinski definition) is 2. The summed E-state index contributed by atoms with van der Waals surface area (Å²) >= 11 is 0. The SMILES string of the molecule is Cc1cccc2c(CC(=O)N3CCC[C@H](CCC(=O)O)C3)c[nH]c12. The molecule has 1 aliphatic rings. The van der Waals surface area contributed by atoms with Crippen LogP contribution in [0.1, 0.15) is 36.8 Å². The van der Waals surface area contributed by atoms with Gasteiger partial charge in [0.2, 0.25) is 5.91 Å². The maximum absolute atomic E-state index is 12.7. The molecule has 1 aliphatic heterocycles. The smallest absolute Gasteiger partial charge is 0.303 e. The highest BCUT2D eigenvalue weighted by Crippen LogP contribution is 2.24. The van der Waals surface area contributed by atoms with Crippen LogP contribution in [0.5, 0.6) is 0 Å². The largest absolute Gasteiger partial charge is 0.481 e. The van der Waals surface area contributed by atoms with Crippen molar-refractivity contribution in [2.24, 2.45) is 5.92 Å². The van der Waals surface area contributed by atoms with E-state index in [9.17, 15) is 9.59 Å². The molecule has 5 nitrogen and oxygen atoms in total.